The third kappa shape index (κ3) is 3.12. The van der Waals surface area contributed by atoms with Crippen molar-refractivity contribution in [3.63, 3.8) is 0 Å². The molecule has 1 aromatic rings. The molecule has 4 nitrogen and oxygen atoms in total. The van der Waals surface area contributed by atoms with Crippen LogP contribution < -0.4 is 5.32 Å². The number of aromatic nitrogens is 2. The third-order valence-corrected chi connectivity index (χ3v) is 4.23. The van der Waals surface area contributed by atoms with E-state index in [-0.39, 0.29) is 5.54 Å². The number of nitrogens with one attached hydrogen (secondary N) is 1. The van der Waals surface area contributed by atoms with Crippen molar-refractivity contribution < 1.29 is 0 Å². The molecule has 102 valence electrons. The predicted octanol–water partition coefficient (Wildman–Crippen LogP) is 1.43. The lowest BCUT2D eigenvalue weighted by Gasteiger charge is -2.45. The van der Waals surface area contributed by atoms with Crippen LogP contribution in [0.25, 0.3) is 0 Å². The molecule has 1 aliphatic heterocycles. The molecule has 18 heavy (non-hydrogen) atoms. The number of aryl methyl sites for hydroxylation is 1. The Bertz CT molecular complexity index is 387. The molecule has 0 spiro atoms. The topological polar surface area (TPSA) is 33.1 Å². The lowest BCUT2D eigenvalue weighted by molar-refractivity contribution is 0.0944. The summed E-state index contributed by atoms with van der Waals surface area (Å²) in [6.07, 6.45) is 6.37. The molecule has 1 fully saturated rings. The minimum atomic E-state index is 0.279. The van der Waals surface area contributed by atoms with E-state index >= 15 is 0 Å². The monoisotopic (exact) mass is 250 g/mol. The molecule has 0 amide bonds. The van der Waals surface area contributed by atoms with E-state index in [0.717, 1.165) is 26.1 Å². The van der Waals surface area contributed by atoms with E-state index in [9.17, 15) is 0 Å². The Hall–Kier alpha value is -0.870. The van der Waals surface area contributed by atoms with E-state index in [0.29, 0.717) is 6.04 Å². The molecule has 0 bridgehead atoms. The van der Waals surface area contributed by atoms with Gasteiger partial charge in [-0.25, -0.2) is 0 Å². The molecular formula is C14H26N4. The number of piperazine rings is 1. The second kappa shape index (κ2) is 5.41. The molecular weight excluding hydrogens is 224 g/mol. The van der Waals surface area contributed by atoms with Crippen molar-refractivity contribution in [1.82, 2.24) is 20.0 Å². The van der Waals surface area contributed by atoms with Crippen LogP contribution in [0, 0.1) is 0 Å². The smallest absolute Gasteiger partial charge is 0.0522 e. The van der Waals surface area contributed by atoms with Crippen LogP contribution in [-0.2, 0) is 13.5 Å². The SMILES string of the molecule is CCC1(C)CN(CCc2cnn(C)c2)C(C)CN1. The van der Waals surface area contributed by atoms with Gasteiger partial charge in [0.1, 0.15) is 0 Å². The van der Waals surface area contributed by atoms with Gasteiger partial charge in [0.2, 0.25) is 0 Å². The van der Waals surface area contributed by atoms with Crippen molar-refractivity contribution in [1.29, 1.82) is 0 Å². The molecule has 1 aromatic heterocycles. The molecule has 1 N–H and O–H groups in total. The van der Waals surface area contributed by atoms with Gasteiger partial charge < -0.3 is 5.32 Å². The van der Waals surface area contributed by atoms with Gasteiger partial charge in [-0.15, -0.1) is 0 Å². The van der Waals surface area contributed by atoms with Gasteiger partial charge in [-0.2, -0.15) is 5.10 Å². The van der Waals surface area contributed by atoms with Crippen LogP contribution in [0.15, 0.2) is 12.4 Å². The summed E-state index contributed by atoms with van der Waals surface area (Å²) in [4.78, 5) is 2.60. The van der Waals surface area contributed by atoms with Gasteiger partial charge in [-0.05, 0) is 32.3 Å². The lowest BCUT2D eigenvalue weighted by atomic mass is 9.93. The predicted molar refractivity (Wildman–Crippen MR) is 74.6 cm³/mol. The van der Waals surface area contributed by atoms with Gasteiger partial charge in [0.05, 0.1) is 6.20 Å². The van der Waals surface area contributed by atoms with Crippen molar-refractivity contribution in [3.05, 3.63) is 18.0 Å². The van der Waals surface area contributed by atoms with Crippen molar-refractivity contribution in [2.75, 3.05) is 19.6 Å². The summed E-state index contributed by atoms with van der Waals surface area (Å²) in [6.45, 7) is 10.3. The molecule has 1 aliphatic rings. The van der Waals surface area contributed by atoms with Crippen molar-refractivity contribution in [2.24, 2.45) is 7.05 Å². The summed E-state index contributed by atoms with van der Waals surface area (Å²) in [5.74, 6) is 0. The van der Waals surface area contributed by atoms with Crippen molar-refractivity contribution in [3.8, 4) is 0 Å². The molecule has 0 aliphatic carbocycles. The Kier molecular flexibility index (Phi) is 4.07. The first kappa shape index (κ1) is 13.6. The number of hydrogen-bond acceptors (Lipinski definition) is 3. The van der Waals surface area contributed by atoms with E-state index in [1.807, 2.05) is 17.9 Å². The summed E-state index contributed by atoms with van der Waals surface area (Å²) in [5, 5.41) is 7.90. The largest absolute Gasteiger partial charge is 0.309 e. The summed E-state index contributed by atoms with van der Waals surface area (Å²) < 4.78 is 1.88. The lowest BCUT2D eigenvalue weighted by Crippen LogP contribution is -2.62. The van der Waals surface area contributed by atoms with Gasteiger partial charge >= 0.3 is 0 Å². The zero-order valence-corrected chi connectivity index (χ0v) is 12.1. The fourth-order valence-electron chi connectivity index (χ4n) is 2.59. The molecule has 0 aromatic carbocycles. The highest BCUT2D eigenvalue weighted by Crippen LogP contribution is 2.18. The minimum Gasteiger partial charge on any atom is -0.309 e. The molecule has 2 heterocycles. The van der Waals surface area contributed by atoms with Crippen LogP contribution in [0.4, 0.5) is 0 Å². The highest BCUT2D eigenvalue weighted by Gasteiger charge is 2.32. The molecule has 0 radical (unpaired) electrons. The van der Waals surface area contributed by atoms with Gasteiger partial charge in [-0.3, -0.25) is 9.58 Å². The standard InChI is InChI=1S/C14H26N4/c1-5-14(3)11-18(12(2)8-15-14)7-6-13-9-16-17(4)10-13/h9-10,12,15H,5-8,11H2,1-4H3. The maximum atomic E-state index is 4.23. The maximum absolute atomic E-state index is 4.23. The van der Waals surface area contributed by atoms with Gasteiger partial charge in [0, 0.05) is 44.5 Å². The van der Waals surface area contributed by atoms with Gasteiger partial charge in [0.15, 0.2) is 0 Å². The van der Waals surface area contributed by atoms with Crippen LogP contribution in [0.5, 0.6) is 0 Å². The minimum absolute atomic E-state index is 0.279. The molecule has 1 saturated heterocycles. The second-order valence-electron chi connectivity index (χ2n) is 5.89. The highest BCUT2D eigenvalue weighted by atomic mass is 15.3. The van der Waals surface area contributed by atoms with Crippen LogP contribution in [0.2, 0.25) is 0 Å². The molecule has 2 unspecified atom stereocenters. The summed E-state index contributed by atoms with van der Waals surface area (Å²) in [7, 11) is 1.98. The normalized spacial score (nSPS) is 29.7. The van der Waals surface area contributed by atoms with E-state index < -0.39 is 0 Å². The maximum Gasteiger partial charge on any atom is 0.0522 e. The zero-order valence-electron chi connectivity index (χ0n) is 12.1. The molecule has 4 heteroatoms. The van der Waals surface area contributed by atoms with E-state index in [1.54, 1.807) is 0 Å². The van der Waals surface area contributed by atoms with E-state index in [2.05, 4.69) is 42.3 Å². The van der Waals surface area contributed by atoms with Gasteiger partial charge in [-0.1, -0.05) is 6.92 Å². The Morgan fingerprint density at radius 1 is 1.56 bits per heavy atom. The van der Waals surface area contributed by atoms with Crippen LogP contribution in [0.3, 0.4) is 0 Å². The average Bonchev–Trinajstić information content (AvgIpc) is 2.77. The highest BCUT2D eigenvalue weighted by molar-refractivity contribution is 5.04. The Labute approximate surface area is 110 Å². The quantitative estimate of drug-likeness (QED) is 0.877. The van der Waals surface area contributed by atoms with E-state index in [4.69, 9.17) is 0 Å². The Morgan fingerprint density at radius 2 is 2.33 bits per heavy atom. The fraction of sp³-hybridized carbons (Fsp3) is 0.786. The summed E-state index contributed by atoms with van der Waals surface area (Å²) in [6, 6.07) is 0.626. The van der Waals surface area contributed by atoms with Gasteiger partial charge in [0.25, 0.3) is 0 Å². The molecule has 2 atom stereocenters. The van der Waals surface area contributed by atoms with Crippen LogP contribution in [-0.4, -0.2) is 45.9 Å². The average molecular weight is 250 g/mol. The number of rotatable bonds is 4. The number of hydrogen-bond donors (Lipinski definition) is 1. The molecule has 0 saturated carbocycles. The summed E-state index contributed by atoms with van der Waals surface area (Å²) in [5.41, 5.74) is 1.61. The fourth-order valence-corrected chi connectivity index (χ4v) is 2.59. The summed E-state index contributed by atoms with van der Waals surface area (Å²) >= 11 is 0. The third-order valence-electron chi connectivity index (χ3n) is 4.23. The first-order chi connectivity index (χ1) is 8.52. The second-order valence-corrected chi connectivity index (χ2v) is 5.89. The first-order valence-electron chi connectivity index (χ1n) is 6.99. The number of nitrogens with zero attached hydrogens (tertiary/aromatic N) is 3. The molecule has 2 rings (SSSR count). The van der Waals surface area contributed by atoms with Crippen LogP contribution in [0.1, 0.15) is 32.8 Å². The Morgan fingerprint density at radius 3 is 2.94 bits per heavy atom. The van der Waals surface area contributed by atoms with E-state index in [1.165, 1.54) is 12.0 Å². The van der Waals surface area contributed by atoms with Crippen LogP contribution >= 0.6 is 0 Å². The first-order valence-corrected chi connectivity index (χ1v) is 6.99. The van der Waals surface area contributed by atoms with Crippen molar-refractivity contribution in [2.45, 2.75) is 45.2 Å². The van der Waals surface area contributed by atoms with Crippen molar-refractivity contribution >= 4 is 0 Å². The zero-order chi connectivity index (χ0) is 13.2. The Balaban J connectivity index is 1.91.